The van der Waals surface area contributed by atoms with Crippen LogP contribution in [-0.2, 0) is 0 Å². The predicted molar refractivity (Wildman–Crippen MR) is 70.1 cm³/mol. The van der Waals surface area contributed by atoms with Crippen LogP contribution < -0.4 is 10.5 Å². The highest BCUT2D eigenvalue weighted by Crippen LogP contribution is 2.24. The number of hydrogen-bond donors (Lipinski definition) is 2. The lowest BCUT2D eigenvalue weighted by atomic mass is 10.1. The third-order valence-electron chi connectivity index (χ3n) is 2.77. The highest BCUT2D eigenvalue weighted by atomic mass is 19.1. The van der Waals surface area contributed by atoms with Crippen LogP contribution in [0.25, 0.3) is 0 Å². The Kier molecular flexibility index (Phi) is 6.68. The van der Waals surface area contributed by atoms with E-state index >= 15 is 0 Å². The van der Waals surface area contributed by atoms with E-state index in [1.54, 1.807) is 6.07 Å². The van der Waals surface area contributed by atoms with Gasteiger partial charge in [0.1, 0.15) is 11.6 Å². The molecule has 0 saturated carbocycles. The lowest BCUT2D eigenvalue weighted by Gasteiger charge is -2.14. The molecular formula is C14H22FNO2. The molecule has 0 bridgehead atoms. The molecule has 0 aliphatic heterocycles. The average Bonchev–Trinajstić information content (AvgIpc) is 2.35. The van der Waals surface area contributed by atoms with Gasteiger partial charge in [-0.05, 0) is 44.4 Å². The van der Waals surface area contributed by atoms with Gasteiger partial charge in [0.25, 0.3) is 0 Å². The normalized spacial score (nSPS) is 12.4. The van der Waals surface area contributed by atoms with Crippen LogP contribution in [0.4, 0.5) is 4.39 Å². The number of nitrogens with two attached hydrogens (primary N) is 1. The first-order chi connectivity index (χ1) is 8.65. The summed E-state index contributed by atoms with van der Waals surface area (Å²) in [6.45, 7) is 2.65. The van der Waals surface area contributed by atoms with E-state index in [1.807, 2.05) is 6.92 Å². The minimum absolute atomic E-state index is 0.244. The Morgan fingerprint density at radius 1 is 1.28 bits per heavy atom. The lowest BCUT2D eigenvalue weighted by molar-refractivity contribution is 0.272. The molecule has 0 aliphatic carbocycles. The van der Waals surface area contributed by atoms with Gasteiger partial charge in [0.05, 0.1) is 6.61 Å². The molecule has 0 saturated heterocycles. The van der Waals surface area contributed by atoms with Crippen molar-refractivity contribution < 1.29 is 14.2 Å². The Balaban J connectivity index is 2.42. The van der Waals surface area contributed by atoms with Crippen LogP contribution >= 0.6 is 0 Å². The molecule has 0 spiro atoms. The molecule has 0 fully saturated rings. The SMILES string of the molecule is CC(N)c1cc(F)ccc1OCCCCCCO. The van der Waals surface area contributed by atoms with Crippen LogP contribution in [0.3, 0.4) is 0 Å². The summed E-state index contributed by atoms with van der Waals surface area (Å²) in [5.74, 6) is 0.367. The van der Waals surface area contributed by atoms with Crippen LogP contribution in [0.5, 0.6) is 5.75 Å². The van der Waals surface area contributed by atoms with Crippen molar-refractivity contribution >= 4 is 0 Å². The summed E-state index contributed by atoms with van der Waals surface area (Å²) >= 11 is 0. The Morgan fingerprint density at radius 3 is 2.67 bits per heavy atom. The molecule has 4 heteroatoms. The van der Waals surface area contributed by atoms with Crippen molar-refractivity contribution in [2.24, 2.45) is 5.73 Å². The molecule has 0 amide bonds. The van der Waals surface area contributed by atoms with Gasteiger partial charge in [-0.15, -0.1) is 0 Å². The smallest absolute Gasteiger partial charge is 0.124 e. The third-order valence-corrected chi connectivity index (χ3v) is 2.77. The van der Waals surface area contributed by atoms with Crippen molar-refractivity contribution in [1.29, 1.82) is 0 Å². The fraction of sp³-hybridized carbons (Fsp3) is 0.571. The lowest BCUT2D eigenvalue weighted by Crippen LogP contribution is -2.09. The van der Waals surface area contributed by atoms with Crippen LogP contribution in [0.2, 0.25) is 0 Å². The number of rotatable bonds is 8. The van der Waals surface area contributed by atoms with E-state index in [2.05, 4.69) is 0 Å². The molecule has 0 aliphatic rings. The topological polar surface area (TPSA) is 55.5 Å². The van der Waals surface area contributed by atoms with Gasteiger partial charge in [0.2, 0.25) is 0 Å². The quantitative estimate of drug-likeness (QED) is 0.702. The van der Waals surface area contributed by atoms with Crippen molar-refractivity contribution in [1.82, 2.24) is 0 Å². The highest BCUT2D eigenvalue weighted by Gasteiger charge is 2.09. The summed E-state index contributed by atoms with van der Waals surface area (Å²) in [6.07, 6.45) is 3.79. The number of hydrogen-bond acceptors (Lipinski definition) is 3. The maximum absolute atomic E-state index is 13.1. The Morgan fingerprint density at radius 2 is 2.00 bits per heavy atom. The molecule has 0 radical (unpaired) electrons. The number of aliphatic hydroxyl groups is 1. The molecule has 1 rings (SSSR count). The second kappa shape index (κ2) is 8.06. The Hall–Kier alpha value is -1.13. The molecule has 1 aromatic carbocycles. The summed E-state index contributed by atoms with van der Waals surface area (Å²) in [5, 5.41) is 8.64. The molecule has 3 nitrogen and oxygen atoms in total. The van der Waals surface area contributed by atoms with Crippen molar-refractivity contribution in [2.45, 2.75) is 38.6 Å². The van der Waals surface area contributed by atoms with Crippen molar-refractivity contribution in [3.05, 3.63) is 29.6 Å². The molecule has 3 N–H and O–H groups in total. The summed E-state index contributed by atoms with van der Waals surface area (Å²) in [6, 6.07) is 4.19. The van der Waals surface area contributed by atoms with E-state index in [0.29, 0.717) is 17.9 Å². The van der Waals surface area contributed by atoms with E-state index in [4.69, 9.17) is 15.6 Å². The number of ether oxygens (including phenoxy) is 1. The first kappa shape index (κ1) is 14.9. The molecular weight excluding hydrogens is 233 g/mol. The van der Waals surface area contributed by atoms with Gasteiger partial charge in [-0.25, -0.2) is 4.39 Å². The molecule has 18 heavy (non-hydrogen) atoms. The molecule has 102 valence electrons. The van der Waals surface area contributed by atoms with Gasteiger partial charge in [-0.1, -0.05) is 6.42 Å². The summed E-state index contributed by atoms with van der Waals surface area (Å²) in [5.41, 5.74) is 6.48. The standard InChI is InChI=1S/C14H22FNO2/c1-11(16)13-10-12(15)6-7-14(13)18-9-5-3-2-4-8-17/h6-7,10-11,17H,2-5,8-9,16H2,1H3. The van der Waals surface area contributed by atoms with Gasteiger partial charge in [0.15, 0.2) is 0 Å². The molecule has 1 atom stereocenters. The Labute approximate surface area is 108 Å². The van der Waals surface area contributed by atoms with E-state index < -0.39 is 0 Å². The second-order valence-corrected chi connectivity index (χ2v) is 4.46. The van der Waals surface area contributed by atoms with Crippen LogP contribution in [0.1, 0.15) is 44.2 Å². The average molecular weight is 255 g/mol. The number of halogens is 1. The van der Waals surface area contributed by atoms with Gasteiger partial charge < -0.3 is 15.6 Å². The minimum Gasteiger partial charge on any atom is -0.493 e. The zero-order valence-corrected chi connectivity index (χ0v) is 10.9. The molecule has 1 aromatic rings. The van der Waals surface area contributed by atoms with Crippen molar-refractivity contribution in [2.75, 3.05) is 13.2 Å². The molecule has 1 unspecified atom stereocenters. The van der Waals surface area contributed by atoms with E-state index in [9.17, 15) is 4.39 Å². The van der Waals surface area contributed by atoms with Gasteiger partial charge in [-0.3, -0.25) is 0 Å². The zero-order valence-electron chi connectivity index (χ0n) is 10.9. The summed E-state index contributed by atoms with van der Waals surface area (Å²) in [4.78, 5) is 0. The van der Waals surface area contributed by atoms with E-state index in [-0.39, 0.29) is 18.5 Å². The van der Waals surface area contributed by atoms with Gasteiger partial charge >= 0.3 is 0 Å². The zero-order chi connectivity index (χ0) is 13.4. The molecule has 0 aromatic heterocycles. The predicted octanol–water partition coefficient (Wildman–Crippen LogP) is 2.78. The minimum atomic E-state index is -0.294. The Bertz CT molecular complexity index is 356. The number of benzene rings is 1. The maximum Gasteiger partial charge on any atom is 0.124 e. The monoisotopic (exact) mass is 255 g/mol. The highest BCUT2D eigenvalue weighted by molar-refractivity contribution is 5.36. The number of aliphatic hydroxyl groups excluding tert-OH is 1. The number of unbranched alkanes of at least 4 members (excludes halogenated alkanes) is 3. The summed E-state index contributed by atoms with van der Waals surface area (Å²) < 4.78 is 18.7. The van der Waals surface area contributed by atoms with Crippen molar-refractivity contribution in [3.63, 3.8) is 0 Å². The van der Waals surface area contributed by atoms with Crippen LogP contribution in [0, 0.1) is 5.82 Å². The largest absolute Gasteiger partial charge is 0.493 e. The van der Waals surface area contributed by atoms with Gasteiger partial charge in [-0.2, -0.15) is 0 Å². The van der Waals surface area contributed by atoms with Crippen LogP contribution in [-0.4, -0.2) is 18.3 Å². The second-order valence-electron chi connectivity index (χ2n) is 4.46. The van der Waals surface area contributed by atoms with Crippen LogP contribution in [0.15, 0.2) is 18.2 Å². The molecule has 0 heterocycles. The summed E-state index contributed by atoms with van der Waals surface area (Å²) in [7, 11) is 0. The first-order valence-electron chi connectivity index (χ1n) is 6.44. The fourth-order valence-corrected chi connectivity index (χ4v) is 1.76. The first-order valence-corrected chi connectivity index (χ1v) is 6.44. The maximum atomic E-state index is 13.1. The van der Waals surface area contributed by atoms with Gasteiger partial charge in [0, 0.05) is 18.2 Å². The van der Waals surface area contributed by atoms with E-state index in [1.165, 1.54) is 12.1 Å². The third kappa shape index (κ3) is 5.02. The van der Waals surface area contributed by atoms with Crippen molar-refractivity contribution in [3.8, 4) is 5.75 Å². The fourth-order valence-electron chi connectivity index (χ4n) is 1.76. The van der Waals surface area contributed by atoms with E-state index in [0.717, 1.165) is 25.7 Å².